The topological polar surface area (TPSA) is 49.4 Å². The summed E-state index contributed by atoms with van der Waals surface area (Å²) in [6.45, 7) is 15.3. The second-order valence-electron chi connectivity index (χ2n) is 11.8. The lowest BCUT2D eigenvalue weighted by Gasteiger charge is -2.40. The van der Waals surface area contributed by atoms with E-state index < -0.39 is 6.16 Å². The number of quaternary nitrogens is 1. The number of hydrogen-bond donors (Lipinski definition) is 0. The van der Waals surface area contributed by atoms with Gasteiger partial charge in [0.15, 0.2) is 0 Å². The fraction of sp³-hybridized carbons (Fsp3) is 0.971. The molecule has 0 rings (SSSR count). The molecule has 0 saturated carbocycles. The fourth-order valence-corrected chi connectivity index (χ4v) is 5.58. The van der Waals surface area contributed by atoms with Gasteiger partial charge in [-0.2, -0.15) is 0 Å². The number of carbonyl (C=O) groups excluding carboxylic acids is 1. The average molecular weight is 542 g/mol. The van der Waals surface area contributed by atoms with Crippen molar-refractivity contribution in [3.8, 4) is 0 Å². The molecule has 0 unspecified atom stereocenters. The zero-order valence-electron chi connectivity index (χ0n) is 27.0. The minimum atomic E-state index is -1.50. The lowest BCUT2D eigenvalue weighted by atomic mass is 10.0. The molecule has 0 aliphatic rings. The van der Waals surface area contributed by atoms with E-state index in [1.54, 1.807) is 0 Å². The van der Waals surface area contributed by atoms with Crippen LogP contribution >= 0.6 is 0 Å². The first-order valence-corrected chi connectivity index (χ1v) is 17.1. The van der Waals surface area contributed by atoms with Gasteiger partial charge in [-0.3, -0.25) is 0 Å². The van der Waals surface area contributed by atoms with Crippen molar-refractivity contribution in [2.75, 3.05) is 33.3 Å². The molecule has 230 valence electrons. The molecule has 0 aromatic carbocycles. The van der Waals surface area contributed by atoms with Crippen molar-refractivity contribution < 1.29 is 19.1 Å². The summed E-state index contributed by atoms with van der Waals surface area (Å²) in [7, 11) is 1.04. The Kier molecular flexibility index (Phi) is 33.6. The summed E-state index contributed by atoms with van der Waals surface area (Å²) in [6, 6.07) is 0. The molecule has 0 N–H and O–H groups in total. The summed E-state index contributed by atoms with van der Waals surface area (Å²) in [5.74, 6) is 0. The van der Waals surface area contributed by atoms with E-state index in [-0.39, 0.29) is 0 Å². The van der Waals surface area contributed by atoms with Crippen molar-refractivity contribution in [1.82, 2.24) is 0 Å². The van der Waals surface area contributed by atoms with Crippen LogP contribution in [-0.4, -0.2) is 43.9 Å². The third-order valence-corrected chi connectivity index (χ3v) is 8.11. The first-order valence-electron chi connectivity index (χ1n) is 17.1. The van der Waals surface area contributed by atoms with E-state index in [1.165, 1.54) is 185 Å². The molecule has 0 amide bonds. The quantitative estimate of drug-likeness (QED) is 0.0562. The molecular formula is C34H71NO3. The zero-order chi connectivity index (χ0) is 28.6. The van der Waals surface area contributed by atoms with Crippen LogP contribution in [0.5, 0.6) is 0 Å². The largest absolute Gasteiger partial charge is 0.553 e. The highest BCUT2D eigenvalue weighted by Crippen LogP contribution is 2.20. The standard InChI is InChI=1S/C32H68N.C2H4O3/c1-5-9-13-17-21-25-29-33(30-26-22-18-14-10-6-2,31-27-23-19-15-11-7-3)32-28-24-20-16-12-8-4;1-5-2(3)4/h5-32H2,1-4H3;1H3,(H,3,4)/q+1;/p-1. The minimum Gasteiger partial charge on any atom is -0.553 e. The number of methoxy groups -OCH3 is 1. The highest BCUT2D eigenvalue weighted by molar-refractivity contribution is 5.53. The number of hydrogen-bond acceptors (Lipinski definition) is 3. The summed E-state index contributed by atoms with van der Waals surface area (Å²) in [5.41, 5.74) is 0. The molecule has 0 aliphatic heterocycles. The van der Waals surface area contributed by atoms with Crippen LogP contribution in [0.1, 0.15) is 182 Å². The average Bonchev–Trinajstić information content (AvgIpc) is 2.92. The Balaban J connectivity index is 0. The van der Waals surface area contributed by atoms with Crippen LogP contribution in [0, 0.1) is 0 Å². The third-order valence-electron chi connectivity index (χ3n) is 8.11. The van der Waals surface area contributed by atoms with Crippen molar-refractivity contribution in [1.29, 1.82) is 0 Å². The summed E-state index contributed by atoms with van der Waals surface area (Å²) >= 11 is 0. The number of unbranched alkanes of at least 4 members (excludes halogenated alkanes) is 20. The van der Waals surface area contributed by atoms with Crippen LogP contribution < -0.4 is 5.11 Å². The molecule has 0 bridgehead atoms. The normalized spacial score (nSPS) is 11.3. The Hall–Kier alpha value is -0.770. The van der Waals surface area contributed by atoms with Crippen LogP contribution in [0.3, 0.4) is 0 Å². The molecule has 0 spiro atoms. The molecule has 0 atom stereocenters. The number of carboxylic acid groups (broad SMARTS) is 1. The summed E-state index contributed by atoms with van der Waals surface area (Å²) in [5, 5.41) is 9.03. The SMILES string of the molecule is CCCCCCCC[N+](CCCCCCCC)(CCCCCCCC)CCCCCCCC.COC(=O)[O-]. The van der Waals surface area contributed by atoms with Gasteiger partial charge in [0, 0.05) is 7.11 Å². The molecule has 4 heteroatoms. The molecule has 0 fully saturated rings. The predicted molar refractivity (Wildman–Crippen MR) is 166 cm³/mol. The molecule has 0 aromatic rings. The Morgan fingerprint density at radius 1 is 0.447 bits per heavy atom. The van der Waals surface area contributed by atoms with Crippen molar-refractivity contribution in [2.45, 2.75) is 182 Å². The van der Waals surface area contributed by atoms with Crippen LogP contribution in [0.25, 0.3) is 0 Å². The summed E-state index contributed by atoms with van der Waals surface area (Å²) in [6.07, 6.45) is 33.3. The summed E-state index contributed by atoms with van der Waals surface area (Å²) < 4.78 is 5.03. The second-order valence-corrected chi connectivity index (χ2v) is 11.8. The maximum absolute atomic E-state index is 9.03. The van der Waals surface area contributed by atoms with Gasteiger partial charge in [0.2, 0.25) is 0 Å². The Bertz CT molecular complexity index is 386. The first kappa shape index (κ1) is 39.4. The van der Waals surface area contributed by atoms with Gasteiger partial charge in [0.1, 0.15) is 0 Å². The Morgan fingerprint density at radius 3 is 0.816 bits per heavy atom. The third kappa shape index (κ3) is 29.8. The van der Waals surface area contributed by atoms with Crippen molar-refractivity contribution in [3.63, 3.8) is 0 Å². The minimum absolute atomic E-state index is 1.04. The van der Waals surface area contributed by atoms with E-state index in [9.17, 15) is 0 Å². The second kappa shape index (κ2) is 32.4. The molecule has 0 saturated heterocycles. The van der Waals surface area contributed by atoms with Gasteiger partial charge in [0.05, 0.1) is 26.2 Å². The Labute approximate surface area is 240 Å². The Morgan fingerprint density at radius 2 is 0.632 bits per heavy atom. The van der Waals surface area contributed by atoms with Gasteiger partial charge in [-0.05, 0) is 51.4 Å². The van der Waals surface area contributed by atoms with Gasteiger partial charge in [-0.1, -0.05) is 130 Å². The number of nitrogens with zero attached hydrogens (tertiary/aromatic N) is 1. The molecule has 4 nitrogen and oxygen atoms in total. The van der Waals surface area contributed by atoms with Crippen LogP contribution in [-0.2, 0) is 4.74 Å². The smallest absolute Gasteiger partial charge is 0.251 e. The maximum Gasteiger partial charge on any atom is 0.251 e. The highest BCUT2D eigenvalue weighted by atomic mass is 16.6. The molecule has 38 heavy (non-hydrogen) atoms. The lowest BCUT2D eigenvalue weighted by Crippen LogP contribution is -2.50. The highest BCUT2D eigenvalue weighted by Gasteiger charge is 2.25. The van der Waals surface area contributed by atoms with Gasteiger partial charge in [-0.15, -0.1) is 0 Å². The monoisotopic (exact) mass is 542 g/mol. The first-order chi connectivity index (χ1) is 18.5. The molecule has 0 radical (unpaired) electrons. The number of ether oxygens (including phenoxy) is 1. The van der Waals surface area contributed by atoms with Crippen LogP contribution in [0.15, 0.2) is 0 Å². The number of carbonyl (C=O) groups is 1. The molecule has 0 aliphatic carbocycles. The van der Waals surface area contributed by atoms with E-state index >= 15 is 0 Å². The van der Waals surface area contributed by atoms with Crippen molar-refractivity contribution >= 4 is 6.16 Å². The van der Waals surface area contributed by atoms with Crippen molar-refractivity contribution in [3.05, 3.63) is 0 Å². The maximum atomic E-state index is 9.03. The van der Waals surface area contributed by atoms with Crippen LogP contribution in [0.2, 0.25) is 0 Å². The molecular weight excluding hydrogens is 470 g/mol. The lowest BCUT2D eigenvalue weighted by molar-refractivity contribution is -0.929. The van der Waals surface area contributed by atoms with Crippen LogP contribution in [0.4, 0.5) is 4.79 Å². The summed E-state index contributed by atoms with van der Waals surface area (Å²) in [4.78, 5) is 9.03. The van der Waals surface area contributed by atoms with Crippen molar-refractivity contribution in [2.24, 2.45) is 0 Å². The van der Waals surface area contributed by atoms with Gasteiger partial charge >= 0.3 is 0 Å². The van der Waals surface area contributed by atoms with E-state index in [1.807, 2.05) is 0 Å². The predicted octanol–water partition coefficient (Wildman–Crippen LogP) is 10.2. The van der Waals surface area contributed by atoms with E-state index in [0.717, 1.165) is 7.11 Å². The van der Waals surface area contributed by atoms with E-state index in [0.29, 0.717) is 0 Å². The van der Waals surface area contributed by atoms with Gasteiger partial charge in [0.25, 0.3) is 6.16 Å². The van der Waals surface area contributed by atoms with Gasteiger partial charge < -0.3 is 19.1 Å². The van der Waals surface area contributed by atoms with E-state index in [4.69, 9.17) is 9.90 Å². The fourth-order valence-electron chi connectivity index (χ4n) is 5.58. The van der Waals surface area contributed by atoms with Gasteiger partial charge in [-0.25, -0.2) is 0 Å². The molecule has 0 aromatic heterocycles. The van der Waals surface area contributed by atoms with E-state index in [2.05, 4.69) is 32.4 Å². The molecule has 0 heterocycles. The zero-order valence-corrected chi connectivity index (χ0v) is 27.0. The number of rotatable bonds is 28.